The third-order valence-corrected chi connectivity index (χ3v) is 0.769. The van der Waals surface area contributed by atoms with E-state index in [-0.39, 0.29) is 4.79 Å². The molecule has 1 heterocycles. The van der Waals surface area contributed by atoms with Gasteiger partial charge in [0.15, 0.2) is 11.6 Å². The second-order valence-corrected chi connectivity index (χ2v) is 1.52. The fraction of sp³-hybridized carbons (Fsp3) is 0. The van der Waals surface area contributed by atoms with Crippen LogP contribution in [0, 0.1) is 11.6 Å². The van der Waals surface area contributed by atoms with Crippen LogP contribution in [0.4, 0.5) is 13.3 Å². The molecule has 0 aromatic carbocycles. The van der Waals surface area contributed by atoms with Crippen LogP contribution in [-0.2, 0) is 0 Å². The van der Waals surface area contributed by atoms with Gasteiger partial charge in [-0.1, -0.05) is 0 Å². The van der Waals surface area contributed by atoms with E-state index in [2.05, 4.69) is 0 Å². The van der Waals surface area contributed by atoms with Crippen LogP contribution in [0.2, 0.25) is 0 Å². The molecule has 0 aliphatic heterocycles. The van der Waals surface area contributed by atoms with Crippen molar-refractivity contribution in [2.45, 2.75) is 0 Å². The van der Waals surface area contributed by atoms with E-state index >= 15 is 0 Å². The van der Waals surface area contributed by atoms with E-state index in [1.165, 1.54) is 0 Å². The summed E-state index contributed by atoms with van der Waals surface area (Å²) in [5, 5.41) is 0. The lowest BCUT2D eigenvalue weighted by atomic mass is 10.5. The van der Waals surface area contributed by atoms with E-state index in [9.17, 15) is 13.3 Å². The predicted molar refractivity (Wildman–Crippen MR) is 23.1 cm³/mol. The first kappa shape index (κ1) is 6.07. The summed E-state index contributed by atoms with van der Waals surface area (Å²) in [6, 6.07) is 0.593. The van der Waals surface area contributed by atoms with Gasteiger partial charge in [0.2, 0.25) is 0 Å². The highest BCUT2D eigenvalue weighted by molar-refractivity contribution is 4.91. The molecule has 1 nitrogen and oxygen atoms in total. The van der Waals surface area contributed by atoms with Gasteiger partial charge < -0.3 is 0 Å². The molecule has 0 unspecified atom stereocenters. The monoisotopic (exact) mass is 134 g/mol. The van der Waals surface area contributed by atoms with E-state index < -0.39 is 11.6 Å². The standard InChI is InChI=1S/C5H3F3N/c6-4-1-5(7)3-9(8)2-4/h1-3H/q+1. The normalized spacial score (nSPS) is 9.67. The summed E-state index contributed by atoms with van der Waals surface area (Å²) in [5.41, 5.74) is 0. The Morgan fingerprint density at radius 1 is 1.11 bits per heavy atom. The number of aromatic nitrogens is 1. The van der Waals surface area contributed by atoms with Crippen molar-refractivity contribution in [3.8, 4) is 0 Å². The molecule has 0 N–H and O–H groups in total. The molecule has 1 aromatic rings. The maximum absolute atomic E-state index is 11.9. The maximum atomic E-state index is 11.9. The zero-order valence-electron chi connectivity index (χ0n) is 4.31. The number of pyridine rings is 1. The number of hydrogen-bond acceptors (Lipinski definition) is 0. The third-order valence-electron chi connectivity index (χ3n) is 0.769. The van der Waals surface area contributed by atoms with Gasteiger partial charge in [-0.05, 0) is 0 Å². The average Bonchev–Trinajstić information content (AvgIpc) is 1.59. The van der Waals surface area contributed by atoms with Gasteiger partial charge >= 0.3 is 0 Å². The van der Waals surface area contributed by atoms with Crippen LogP contribution in [-0.4, -0.2) is 0 Å². The summed E-state index contributed by atoms with van der Waals surface area (Å²) in [6.07, 6.45) is 1.06. The Labute approximate surface area is 49.3 Å². The molecule has 0 aliphatic carbocycles. The van der Waals surface area contributed by atoms with Crippen LogP contribution in [0.5, 0.6) is 0 Å². The highest BCUT2D eigenvalue weighted by Crippen LogP contribution is 1.95. The fourth-order valence-corrected chi connectivity index (χ4v) is 0.479. The van der Waals surface area contributed by atoms with Gasteiger partial charge in [-0.3, -0.25) is 0 Å². The van der Waals surface area contributed by atoms with Crippen molar-refractivity contribution in [1.82, 2.24) is 0 Å². The minimum atomic E-state index is -0.933. The van der Waals surface area contributed by atoms with Gasteiger partial charge in [-0.25, -0.2) is 8.78 Å². The minimum absolute atomic E-state index is 0.176. The minimum Gasteiger partial charge on any atom is -0.200 e. The van der Waals surface area contributed by atoms with Crippen molar-refractivity contribution < 1.29 is 18.1 Å². The molecule has 0 atom stereocenters. The molecule has 0 fully saturated rings. The van der Waals surface area contributed by atoms with Crippen molar-refractivity contribution in [1.29, 1.82) is 0 Å². The lowest BCUT2D eigenvalue weighted by Gasteiger charge is -1.80. The van der Waals surface area contributed by atoms with Gasteiger partial charge in [0.05, 0.1) is 4.48 Å². The average molecular weight is 134 g/mol. The number of nitrogens with zero attached hydrogens (tertiary/aromatic N) is 1. The van der Waals surface area contributed by atoms with Crippen molar-refractivity contribution in [2.75, 3.05) is 0 Å². The predicted octanol–water partition coefficient (Wildman–Crippen LogP) is 0.985. The van der Waals surface area contributed by atoms with E-state index in [1.54, 1.807) is 0 Å². The van der Waals surface area contributed by atoms with Crippen LogP contribution in [0.3, 0.4) is 0 Å². The lowest BCUT2D eigenvalue weighted by molar-refractivity contribution is -0.845. The zero-order chi connectivity index (χ0) is 6.85. The molecule has 0 saturated heterocycles. The molecular formula is C5H3F3N+. The Bertz CT molecular complexity index is 173. The molecule has 0 saturated carbocycles. The summed E-state index contributed by atoms with van der Waals surface area (Å²) in [6.45, 7) is 0. The van der Waals surface area contributed by atoms with Crippen LogP contribution >= 0.6 is 0 Å². The molecule has 4 heteroatoms. The Hall–Kier alpha value is -1.06. The maximum Gasteiger partial charge on any atom is 0.254 e. The Kier molecular flexibility index (Phi) is 1.38. The molecule has 0 aliphatic rings. The largest absolute Gasteiger partial charge is 0.254 e. The van der Waals surface area contributed by atoms with E-state index in [4.69, 9.17) is 0 Å². The lowest BCUT2D eigenvalue weighted by Crippen LogP contribution is -2.22. The summed E-state index contributed by atoms with van der Waals surface area (Å²) in [7, 11) is 0. The van der Waals surface area contributed by atoms with E-state index in [1.807, 2.05) is 0 Å². The Morgan fingerprint density at radius 3 is 1.89 bits per heavy atom. The van der Waals surface area contributed by atoms with Gasteiger partial charge in [0, 0.05) is 10.9 Å². The summed E-state index contributed by atoms with van der Waals surface area (Å²) in [4.78, 5) is -0.176. The van der Waals surface area contributed by atoms with E-state index in [0.29, 0.717) is 18.5 Å². The smallest absolute Gasteiger partial charge is 0.200 e. The van der Waals surface area contributed by atoms with Gasteiger partial charge in [0.1, 0.15) is 0 Å². The summed E-state index contributed by atoms with van der Waals surface area (Å²) >= 11 is 0. The fourth-order valence-electron chi connectivity index (χ4n) is 0.479. The topological polar surface area (TPSA) is 3.88 Å². The summed E-state index contributed by atoms with van der Waals surface area (Å²) in [5.74, 6) is -1.87. The van der Waals surface area contributed by atoms with Crippen LogP contribution in [0.1, 0.15) is 0 Å². The second-order valence-electron chi connectivity index (χ2n) is 1.52. The van der Waals surface area contributed by atoms with Crippen molar-refractivity contribution >= 4 is 0 Å². The molecule has 1 aromatic heterocycles. The van der Waals surface area contributed by atoms with Crippen molar-refractivity contribution in [3.05, 3.63) is 30.1 Å². The van der Waals surface area contributed by atoms with Gasteiger partial charge in [-0.15, -0.1) is 0 Å². The van der Waals surface area contributed by atoms with E-state index in [0.717, 1.165) is 0 Å². The third kappa shape index (κ3) is 1.42. The van der Waals surface area contributed by atoms with Crippen LogP contribution < -0.4 is 4.79 Å². The number of hydrogen-bond donors (Lipinski definition) is 0. The first-order chi connectivity index (χ1) is 4.18. The molecule has 9 heavy (non-hydrogen) atoms. The van der Waals surface area contributed by atoms with Crippen molar-refractivity contribution in [2.24, 2.45) is 0 Å². The highest BCUT2D eigenvalue weighted by atomic mass is 19.2. The first-order valence-electron chi connectivity index (χ1n) is 2.22. The molecule has 0 radical (unpaired) electrons. The molecule has 0 spiro atoms. The molecule has 48 valence electrons. The molecule has 0 bridgehead atoms. The Balaban J connectivity index is 3.17. The highest BCUT2D eigenvalue weighted by Gasteiger charge is 2.05. The van der Waals surface area contributed by atoms with Crippen LogP contribution in [0.25, 0.3) is 0 Å². The first-order valence-corrected chi connectivity index (χ1v) is 2.22. The second kappa shape index (κ2) is 2.05. The Morgan fingerprint density at radius 2 is 1.56 bits per heavy atom. The quantitative estimate of drug-likeness (QED) is 0.498. The summed E-state index contributed by atoms with van der Waals surface area (Å²) < 4.78 is 35.7. The zero-order valence-corrected chi connectivity index (χ0v) is 4.31. The van der Waals surface area contributed by atoms with Gasteiger partial charge in [0.25, 0.3) is 12.4 Å². The molecule has 0 amide bonds. The molecular weight excluding hydrogens is 131 g/mol. The number of halogens is 3. The van der Waals surface area contributed by atoms with Crippen molar-refractivity contribution in [3.63, 3.8) is 0 Å². The number of rotatable bonds is 0. The molecule has 1 rings (SSSR count). The van der Waals surface area contributed by atoms with Crippen LogP contribution in [0.15, 0.2) is 18.5 Å². The van der Waals surface area contributed by atoms with Gasteiger partial charge in [-0.2, -0.15) is 0 Å². The SMILES string of the molecule is Fc1cc(F)c[n+](F)c1.